The number of halogens is 1. The molecule has 1 fully saturated rings. The summed E-state index contributed by atoms with van der Waals surface area (Å²) in [5.41, 5.74) is 2.42. The van der Waals surface area contributed by atoms with Crippen molar-refractivity contribution in [3.05, 3.63) is 57.7 Å². The molecule has 0 unspecified atom stereocenters. The lowest BCUT2D eigenvalue weighted by molar-refractivity contribution is 0.0871. The predicted molar refractivity (Wildman–Crippen MR) is 119 cm³/mol. The molecule has 0 bridgehead atoms. The third-order valence-corrected chi connectivity index (χ3v) is 6.64. The van der Waals surface area contributed by atoms with Crippen LogP contribution in [0.25, 0.3) is 11.0 Å². The average Bonchev–Trinajstić information content (AvgIpc) is 3.27. The smallest absolute Gasteiger partial charge is 0.287 e. The second-order valence-electron chi connectivity index (χ2n) is 8.55. The summed E-state index contributed by atoms with van der Waals surface area (Å²) < 4.78 is 11.8. The molecule has 1 aliphatic rings. The molecule has 0 aliphatic carbocycles. The van der Waals surface area contributed by atoms with Crippen LogP contribution in [0.3, 0.4) is 0 Å². The third-order valence-electron chi connectivity index (χ3n) is 6.23. The summed E-state index contributed by atoms with van der Waals surface area (Å²) in [6.45, 7) is 10.5. The molecule has 2 aromatic heterocycles. The van der Waals surface area contributed by atoms with E-state index in [9.17, 15) is 4.79 Å². The first-order valence-electron chi connectivity index (χ1n) is 10.6. The Kier molecular flexibility index (Phi) is 5.94. The van der Waals surface area contributed by atoms with Crippen molar-refractivity contribution >= 4 is 28.5 Å². The molecule has 0 saturated carbocycles. The second kappa shape index (κ2) is 8.48. The van der Waals surface area contributed by atoms with Crippen molar-refractivity contribution in [2.45, 2.75) is 46.6 Å². The molecule has 3 aromatic rings. The van der Waals surface area contributed by atoms with Crippen LogP contribution in [0.5, 0.6) is 0 Å². The molecular weight excluding hydrogens is 400 g/mol. The van der Waals surface area contributed by atoms with Crippen LogP contribution in [0, 0.1) is 26.7 Å². The topological polar surface area (TPSA) is 58.6 Å². The summed E-state index contributed by atoms with van der Waals surface area (Å²) in [5, 5.41) is 4.63. The molecule has 3 heterocycles. The number of amides is 1. The van der Waals surface area contributed by atoms with Gasteiger partial charge in [-0.1, -0.05) is 18.5 Å². The van der Waals surface area contributed by atoms with Gasteiger partial charge in [0.05, 0.1) is 6.04 Å². The van der Waals surface area contributed by atoms with Crippen LogP contribution in [-0.4, -0.2) is 30.4 Å². The van der Waals surface area contributed by atoms with Crippen molar-refractivity contribution < 1.29 is 13.6 Å². The van der Waals surface area contributed by atoms with Crippen molar-refractivity contribution in [1.82, 2.24) is 10.2 Å². The normalized spacial score (nSPS) is 16.8. The number of furan rings is 2. The molecule has 1 N–H and O–H groups in total. The van der Waals surface area contributed by atoms with Gasteiger partial charge in [-0.15, -0.1) is 0 Å². The van der Waals surface area contributed by atoms with Gasteiger partial charge in [-0.3, -0.25) is 9.69 Å². The Hall–Kier alpha value is -2.24. The third kappa shape index (κ3) is 4.14. The van der Waals surface area contributed by atoms with Gasteiger partial charge in [0, 0.05) is 22.5 Å². The van der Waals surface area contributed by atoms with Gasteiger partial charge in [0.25, 0.3) is 5.91 Å². The average molecular weight is 429 g/mol. The first kappa shape index (κ1) is 21.0. The van der Waals surface area contributed by atoms with E-state index in [2.05, 4.69) is 17.1 Å². The van der Waals surface area contributed by atoms with Crippen LogP contribution in [0.1, 0.15) is 59.0 Å². The molecule has 1 atom stereocenters. The van der Waals surface area contributed by atoms with Crippen molar-refractivity contribution in [2.24, 2.45) is 5.92 Å². The highest BCUT2D eigenvalue weighted by Crippen LogP contribution is 2.31. The standard InChI is InChI=1S/C24H29ClN2O3/c1-14-7-9-27(10-8-14)20(21-6-5-16(3)29-21)13-26-24(28)23-17(4)18-12-19(25)15(2)11-22(18)30-23/h5-6,11-12,14,20H,7-10,13H2,1-4H3,(H,26,28)/t20-/m1/s1. The van der Waals surface area contributed by atoms with Crippen LogP contribution in [-0.2, 0) is 0 Å². The van der Waals surface area contributed by atoms with E-state index in [1.54, 1.807) is 0 Å². The van der Waals surface area contributed by atoms with Gasteiger partial charge >= 0.3 is 0 Å². The molecular formula is C24H29ClN2O3. The number of hydrogen-bond donors (Lipinski definition) is 1. The number of piperidine rings is 1. The maximum Gasteiger partial charge on any atom is 0.287 e. The largest absolute Gasteiger partial charge is 0.465 e. The SMILES string of the molecule is Cc1ccc([C@@H](CNC(=O)c2oc3cc(C)c(Cl)cc3c2C)N2CCC(C)CC2)o1. The minimum Gasteiger partial charge on any atom is -0.465 e. The number of nitrogens with zero attached hydrogens (tertiary/aromatic N) is 1. The fourth-order valence-electron chi connectivity index (χ4n) is 4.21. The zero-order valence-corrected chi connectivity index (χ0v) is 18.8. The molecule has 4 rings (SSSR count). The van der Waals surface area contributed by atoms with Crippen LogP contribution in [0.15, 0.2) is 33.1 Å². The maximum atomic E-state index is 13.0. The highest BCUT2D eigenvalue weighted by atomic mass is 35.5. The van der Waals surface area contributed by atoms with Crippen molar-refractivity contribution in [2.75, 3.05) is 19.6 Å². The molecule has 1 aromatic carbocycles. The molecule has 1 saturated heterocycles. The van der Waals surface area contributed by atoms with E-state index < -0.39 is 0 Å². The maximum absolute atomic E-state index is 13.0. The molecule has 0 radical (unpaired) electrons. The van der Waals surface area contributed by atoms with Gasteiger partial charge in [-0.25, -0.2) is 0 Å². The summed E-state index contributed by atoms with van der Waals surface area (Å²) >= 11 is 6.26. The fourth-order valence-corrected chi connectivity index (χ4v) is 4.37. The van der Waals surface area contributed by atoms with Crippen molar-refractivity contribution in [1.29, 1.82) is 0 Å². The number of likely N-dealkylation sites (tertiary alicyclic amines) is 1. The van der Waals surface area contributed by atoms with Crippen molar-refractivity contribution in [3.8, 4) is 0 Å². The highest BCUT2D eigenvalue weighted by molar-refractivity contribution is 6.32. The van der Waals surface area contributed by atoms with Crippen molar-refractivity contribution in [3.63, 3.8) is 0 Å². The Morgan fingerprint density at radius 1 is 1.20 bits per heavy atom. The van der Waals surface area contributed by atoms with E-state index in [4.69, 9.17) is 20.4 Å². The van der Waals surface area contributed by atoms with E-state index in [0.29, 0.717) is 22.9 Å². The minimum absolute atomic E-state index is 0.0107. The monoisotopic (exact) mass is 428 g/mol. The highest BCUT2D eigenvalue weighted by Gasteiger charge is 2.28. The van der Waals surface area contributed by atoms with Crippen LogP contribution >= 0.6 is 11.6 Å². The lowest BCUT2D eigenvalue weighted by Crippen LogP contribution is -2.41. The van der Waals surface area contributed by atoms with Gasteiger partial charge in [-0.05, 0) is 82.4 Å². The summed E-state index contributed by atoms with van der Waals surface area (Å²) in [4.78, 5) is 15.4. The first-order valence-corrected chi connectivity index (χ1v) is 11.0. The number of benzene rings is 1. The molecule has 160 valence electrons. The zero-order valence-electron chi connectivity index (χ0n) is 18.0. The molecule has 1 aliphatic heterocycles. The fraction of sp³-hybridized carbons (Fsp3) is 0.458. The van der Waals surface area contributed by atoms with Gasteiger partial charge in [-0.2, -0.15) is 0 Å². The lowest BCUT2D eigenvalue weighted by atomic mass is 9.97. The van der Waals surface area contributed by atoms with Gasteiger partial charge < -0.3 is 14.2 Å². The quantitative estimate of drug-likeness (QED) is 0.557. The molecule has 1 amide bonds. The summed E-state index contributed by atoms with van der Waals surface area (Å²) in [6.07, 6.45) is 2.32. The molecule has 6 heteroatoms. The molecule has 30 heavy (non-hydrogen) atoms. The first-order chi connectivity index (χ1) is 14.3. The Bertz CT molecular complexity index is 1060. The Balaban J connectivity index is 1.54. The van der Waals surface area contributed by atoms with E-state index in [1.165, 1.54) is 0 Å². The van der Waals surface area contributed by atoms with Gasteiger partial charge in [0.2, 0.25) is 0 Å². The number of rotatable bonds is 5. The summed E-state index contributed by atoms with van der Waals surface area (Å²) in [7, 11) is 0. The van der Waals surface area contributed by atoms with Gasteiger partial charge in [0.15, 0.2) is 5.76 Å². The van der Waals surface area contributed by atoms with E-state index in [1.807, 2.05) is 45.0 Å². The van der Waals surface area contributed by atoms with Gasteiger partial charge in [0.1, 0.15) is 17.1 Å². The molecule has 5 nitrogen and oxygen atoms in total. The van der Waals surface area contributed by atoms with E-state index >= 15 is 0 Å². The molecule has 0 spiro atoms. The summed E-state index contributed by atoms with van der Waals surface area (Å²) in [5.74, 6) is 2.64. The van der Waals surface area contributed by atoms with Crippen LogP contribution in [0.4, 0.5) is 0 Å². The number of carbonyl (C=O) groups is 1. The van der Waals surface area contributed by atoms with E-state index in [0.717, 1.165) is 59.9 Å². The number of nitrogens with one attached hydrogen (secondary N) is 1. The van der Waals surface area contributed by atoms with E-state index in [-0.39, 0.29) is 11.9 Å². The van der Waals surface area contributed by atoms with Crippen LogP contribution < -0.4 is 5.32 Å². The number of aryl methyl sites for hydroxylation is 3. The zero-order chi connectivity index (χ0) is 21.4. The number of carbonyl (C=O) groups excluding carboxylic acids is 1. The lowest BCUT2D eigenvalue weighted by Gasteiger charge is -2.35. The summed E-state index contributed by atoms with van der Waals surface area (Å²) in [6, 6.07) is 7.75. The number of hydrogen-bond acceptors (Lipinski definition) is 4. The Labute approximate surface area is 182 Å². The number of fused-ring (bicyclic) bond motifs is 1. The minimum atomic E-state index is -0.212. The Morgan fingerprint density at radius 2 is 1.93 bits per heavy atom. The Morgan fingerprint density at radius 3 is 2.60 bits per heavy atom. The second-order valence-corrected chi connectivity index (χ2v) is 8.95. The van der Waals surface area contributed by atoms with Crippen LogP contribution in [0.2, 0.25) is 5.02 Å². The predicted octanol–water partition coefficient (Wildman–Crippen LogP) is 5.81.